The molecule has 2 rings (SSSR count). The quantitative estimate of drug-likeness (QED) is 0.161. The van der Waals surface area contributed by atoms with Crippen LogP contribution < -0.4 is 10.6 Å². The van der Waals surface area contributed by atoms with Gasteiger partial charge in [0.1, 0.15) is 43.6 Å². The molecule has 2 aliphatic rings. The Kier molecular flexibility index (Phi) is 13.4. The van der Waals surface area contributed by atoms with Crippen molar-refractivity contribution in [2.24, 2.45) is 0 Å². The van der Waals surface area contributed by atoms with Crippen LogP contribution >= 0.6 is 0 Å². The van der Waals surface area contributed by atoms with Gasteiger partial charge in [0.15, 0.2) is 30.9 Å². The molecular formula is C26H38N2O16. The average molecular weight is 635 g/mol. The molecule has 10 atom stereocenters. The number of esters is 5. The van der Waals surface area contributed by atoms with Gasteiger partial charge in [0, 0.05) is 48.5 Å². The fourth-order valence-electron chi connectivity index (χ4n) is 4.70. The summed E-state index contributed by atoms with van der Waals surface area (Å²) in [6.45, 7) is 6.58. The van der Waals surface area contributed by atoms with Crippen LogP contribution in [-0.2, 0) is 71.5 Å². The lowest BCUT2D eigenvalue weighted by Gasteiger charge is -2.49. The van der Waals surface area contributed by atoms with E-state index < -0.39 is 116 Å². The van der Waals surface area contributed by atoms with E-state index in [-0.39, 0.29) is 0 Å². The molecule has 0 aromatic carbocycles. The molecule has 2 fully saturated rings. The standard InChI is InChI=1S/C26H38N2O16/c1-10(29)27-19-23(40-15(6)34)22(17(42-25(19)36)8-37-12(3)31)44-26-20(28-11(2)30)24(41-16(7)35)21(39-14(5)33)18(43-26)9-38-13(4)32/h17-26,36H,8-9H2,1-7H3,(H,27,29)(H,28,30)/t17?,18?,19?,20?,21-,22-,23?,24?,25-,26+/m1/s1. The summed E-state index contributed by atoms with van der Waals surface area (Å²) in [6.07, 6.45) is -12.1. The normalized spacial score (nSPS) is 31.5. The molecule has 2 heterocycles. The van der Waals surface area contributed by atoms with Crippen molar-refractivity contribution in [1.29, 1.82) is 0 Å². The van der Waals surface area contributed by atoms with Crippen LogP contribution in [0.15, 0.2) is 0 Å². The first kappa shape index (κ1) is 36.3. The first-order valence-corrected chi connectivity index (χ1v) is 13.5. The highest BCUT2D eigenvalue weighted by molar-refractivity contribution is 5.74. The Balaban J connectivity index is 2.66. The highest BCUT2D eigenvalue weighted by Crippen LogP contribution is 2.33. The third kappa shape index (κ3) is 10.7. The molecule has 18 heteroatoms. The Hall–Kier alpha value is -3.87. The van der Waals surface area contributed by atoms with Crippen molar-refractivity contribution in [2.45, 2.75) is 110 Å². The first-order chi connectivity index (χ1) is 20.5. The van der Waals surface area contributed by atoms with Crippen LogP contribution in [0.1, 0.15) is 48.5 Å². The van der Waals surface area contributed by atoms with Crippen molar-refractivity contribution in [1.82, 2.24) is 10.6 Å². The first-order valence-electron chi connectivity index (χ1n) is 13.5. The Bertz CT molecular complexity index is 1100. The van der Waals surface area contributed by atoms with E-state index in [1.807, 2.05) is 0 Å². The molecule has 0 aromatic heterocycles. The second-order valence-electron chi connectivity index (χ2n) is 9.99. The summed E-state index contributed by atoms with van der Waals surface area (Å²) in [6, 6.07) is -2.83. The lowest BCUT2D eigenvalue weighted by Crippen LogP contribution is -2.70. The van der Waals surface area contributed by atoms with E-state index in [1.165, 1.54) is 0 Å². The third-order valence-corrected chi connectivity index (χ3v) is 6.15. The Morgan fingerprint density at radius 2 is 0.977 bits per heavy atom. The van der Waals surface area contributed by atoms with Crippen LogP contribution in [0.4, 0.5) is 0 Å². The predicted molar refractivity (Wildman–Crippen MR) is 140 cm³/mol. The summed E-state index contributed by atoms with van der Waals surface area (Å²) in [4.78, 5) is 83.8. The number of hydrogen-bond donors (Lipinski definition) is 3. The molecule has 6 unspecified atom stereocenters. The van der Waals surface area contributed by atoms with Gasteiger partial charge < -0.3 is 53.6 Å². The van der Waals surface area contributed by atoms with Crippen LogP contribution in [0.25, 0.3) is 0 Å². The third-order valence-electron chi connectivity index (χ3n) is 6.15. The minimum atomic E-state index is -1.78. The molecule has 0 saturated carbocycles. The predicted octanol–water partition coefficient (Wildman–Crippen LogP) is -2.26. The maximum absolute atomic E-state index is 12.3. The van der Waals surface area contributed by atoms with Crippen LogP contribution in [-0.4, -0.2) is 121 Å². The van der Waals surface area contributed by atoms with Gasteiger partial charge >= 0.3 is 29.8 Å². The molecule has 2 saturated heterocycles. The summed E-state index contributed by atoms with van der Waals surface area (Å²) < 4.78 is 44.2. The van der Waals surface area contributed by atoms with Crippen molar-refractivity contribution in [2.75, 3.05) is 13.2 Å². The Morgan fingerprint density at radius 3 is 1.41 bits per heavy atom. The SMILES string of the molecule is CC(=O)NC1C(OC(C)=O)[C@H](OC(C)=O)C(COC(C)=O)O[C@H]1O[C@@H]1C(COC(C)=O)O[C@@H](O)C(NC(C)=O)C1OC(C)=O. The van der Waals surface area contributed by atoms with E-state index in [9.17, 15) is 38.7 Å². The molecule has 2 aliphatic heterocycles. The minimum Gasteiger partial charge on any atom is -0.463 e. The number of amides is 2. The average Bonchev–Trinajstić information content (AvgIpc) is 2.87. The van der Waals surface area contributed by atoms with Gasteiger partial charge in [-0.1, -0.05) is 0 Å². The summed E-state index contributed by atoms with van der Waals surface area (Å²) >= 11 is 0. The van der Waals surface area contributed by atoms with E-state index >= 15 is 0 Å². The van der Waals surface area contributed by atoms with Gasteiger partial charge in [-0.3, -0.25) is 33.6 Å². The summed E-state index contributed by atoms with van der Waals surface area (Å²) in [5, 5.41) is 15.6. The van der Waals surface area contributed by atoms with E-state index in [2.05, 4.69) is 10.6 Å². The van der Waals surface area contributed by atoms with Crippen LogP contribution in [0.2, 0.25) is 0 Å². The molecule has 3 N–H and O–H groups in total. The van der Waals surface area contributed by atoms with E-state index in [0.717, 1.165) is 48.5 Å². The highest BCUT2D eigenvalue weighted by Gasteiger charge is 2.55. The number of aliphatic hydroxyl groups excluding tert-OH is 1. The van der Waals surface area contributed by atoms with Crippen molar-refractivity contribution in [3.8, 4) is 0 Å². The molecule has 18 nitrogen and oxygen atoms in total. The number of hydrogen-bond acceptors (Lipinski definition) is 16. The number of carbonyl (C=O) groups excluding carboxylic acids is 7. The maximum Gasteiger partial charge on any atom is 0.303 e. The number of nitrogens with one attached hydrogen (secondary N) is 2. The monoisotopic (exact) mass is 634 g/mol. The Labute approximate surface area is 252 Å². The van der Waals surface area contributed by atoms with Gasteiger partial charge in [-0.15, -0.1) is 0 Å². The van der Waals surface area contributed by atoms with Crippen LogP contribution in [0.3, 0.4) is 0 Å². The summed E-state index contributed by atoms with van der Waals surface area (Å²) in [7, 11) is 0. The van der Waals surface area contributed by atoms with Gasteiger partial charge in [0.2, 0.25) is 11.8 Å². The van der Waals surface area contributed by atoms with Crippen molar-refractivity contribution in [3.05, 3.63) is 0 Å². The maximum atomic E-state index is 12.3. The molecule has 248 valence electrons. The molecule has 44 heavy (non-hydrogen) atoms. The molecule has 0 radical (unpaired) electrons. The van der Waals surface area contributed by atoms with Gasteiger partial charge in [0.05, 0.1) is 0 Å². The smallest absolute Gasteiger partial charge is 0.303 e. The largest absolute Gasteiger partial charge is 0.463 e. The fourth-order valence-corrected chi connectivity index (χ4v) is 4.70. The molecule has 0 spiro atoms. The number of aliphatic hydroxyl groups is 1. The van der Waals surface area contributed by atoms with Crippen LogP contribution in [0.5, 0.6) is 0 Å². The van der Waals surface area contributed by atoms with Gasteiger partial charge in [0.25, 0.3) is 0 Å². The van der Waals surface area contributed by atoms with Gasteiger partial charge in [-0.2, -0.15) is 0 Å². The van der Waals surface area contributed by atoms with Crippen molar-refractivity contribution >= 4 is 41.7 Å². The highest BCUT2D eigenvalue weighted by atomic mass is 16.7. The van der Waals surface area contributed by atoms with Crippen LogP contribution in [0, 0.1) is 0 Å². The summed E-state index contributed by atoms with van der Waals surface area (Å²) in [5.74, 6) is -5.31. The zero-order chi connectivity index (χ0) is 33.3. The number of carbonyl (C=O) groups is 7. The lowest BCUT2D eigenvalue weighted by molar-refractivity contribution is -0.330. The molecule has 0 aliphatic carbocycles. The number of rotatable bonds is 11. The second kappa shape index (κ2) is 16.3. The second-order valence-corrected chi connectivity index (χ2v) is 9.99. The molecule has 0 aromatic rings. The van der Waals surface area contributed by atoms with Gasteiger partial charge in [-0.05, 0) is 0 Å². The summed E-state index contributed by atoms with van der Waals surface area (Å²) in [5.41, 5.74) is 0. The molecule has 0 bridgehead atoms. The molecular weight excluding hydrogens is 596 g/mol. The topological polar surface area (TPSA) is 238 Å². The van der Waals surface area contributed by atoms with Gasteiger partial charge in [-0.25, -0.2) is 0 Å². The zero-order valence-corrected chi connectivity index (χ0v) is 25.3. The zero-order valence-electron chi connectivity index (χ0n) is 25.3. The molecule has 2 amide bonds. The Morgan fingerprint density at radius 1 is 0.568 bits per heavy atom. The fraction of sp³-hybridized carbons (Fsp3) is 0.731. The van der Waals surface area contributed by atoms with Crippen molar-refractivity contribution in [3.63, 3.8) is 0 Å². The van der Waals surface area contributed by atoms with E-state index in [0.29, 0.717) is 0 Å². The number of ether oxygens (including phenoxy) is 8. The minimum absolute atomic E-state index is 0.531. The van der Waals surface area contributed by atoms with E-state index in [1.54, 1.807) is 0 Å². The van der Waals surface area contributed by atoms with E-state index in [4.69, 9.17) is 37.9 Å². The lowest BCUT2D eigenvalue weighted by atomic mass is 9.94. The van der Waals surface area contributed by atoms with Crippen molar-refractivity contribution < 1.29 is 76.6 Å².